The molecule has 0 aliphatic heterocycles. The van der Waals surface area contributed by atoms with Crippen LogP contribution in [0.15, 0.2) is 77.4 Å². The molecule has 7 nitrogen and oxygen atoms in total. The summed E-state index contributed by atoms with van der Waals surface area (Å²) < 4.78 is 12.9. The minimum Gasteiger partial charge on any atom is -0.479 e. The summed E-state index contributed by atoms with van der Waals surface area (Å²) in [5.41, 5.74) is 4.51. The lowest BCUT2D eigenvalue weighted by Crippen LogP contribution is -2.22. The van der Waals surface area contributed by atoms with Crippen molar-refractivity contribution in [2.45, 2.75) is 33.4 Å². The van der Waals surface area contributed by atoms with Crippen LogP contribution in [0.3, 0.4) is 0 Å². The SMILES string of the molecule is CC/C=C(\Nc1cccc(Cn2nc(-c3cccc(COCCN(C)C)c3)ccc2=O)c1)OCC. The van der Waals surface area contributed by atoms with Gasteiger partial charge in [0.05, 0.1) is 32.1 Å². The van der Waals surface area contributed by atoms with Crippen molar-refractivity contribution in [3.8, 4) is 11.3 Å². The van der Waals surface area contributed by atoms with Crippen LogP contribution in [-0.4, -0.2) is 48.5 Å². The number of allylic oxidation sites excluding steroid dienone is 1. The number of hydrogen-bond acceptors (Lipinski definition) is 6. The number of hydrogen-bond donors (Lipinski definition) is 1. The molecule has 7 heteroatoms. The van der Waals surface area contributed by atoms with E-state index in [0.29, 0.717) is 26.4 Å². The highest BCUT2D eigenvalue weighted by atomic mass is 16.5. The Morgan fingerprint density at radius 2 is 1.86 bits per heavy atom. The van der Waals surface area contributed by atoms with Crippen LogP contribution < -0.4 is 10.9 Å². The van der Waals surface area contributed by atoms with Crippen LogP contribution in [0.1, 0.15) is 31.4 Å². The van der Waals surface area contributed by atoms with Gasteiger partial charge in [-0.05, 0) is 68.9 Å². The van der Waals surface area contributed by atoms with E-state index < -0.39 is 0 Å². The van der Waals surface area contributed by atoms with Crippen LogP contribution in [0.2, 0.25) is 0 Å². The Morgan fingerprint density at radius 1 is 1.06 bits per heavy atom. The average Bonchev–Trinajstić information content (AvgIpc) is 2.84. The van der Waals surface area contributed by atoms with Crippen molar-refractivity contribution < 1.29 is 9.47 Å². The zero-order chi connectivity index (χ0) is 25.0. The zero-order valence-electron chi connectivity index (χ0n) is 21.2. The van der Waals surface area contributed by atoms with E-state index in [0.717, 1.165) is 46.9 Å². The molecule has 0 bridgehead atoms. The topological polar surface area (TPSA) is 68.6 Å². The molecule has 2 aromatic carbocycles. The quantitative estimate of drug-likeness (QED) is 0.284. The molecule has 0 aliphatic carbocycles. The highest BCUT2D eigenvalue weighted by Gasteiger charge is 2.07. The first-order valence-electron chi connectivity index (χ1n) is 12.1. The van der Waals surface area contributed by atoms with E-state index >= 15 is 0 Å². The summed E-state index contributed by atoms with van der Waals surface area (Å²) in [6.45, 7) is 7.08. The molecule has 0 unspecified atom stereocenters. The van der Waals surface area contributed by atoms with Gasteiger partial charge in [-0.25, -0.2) is 4.68 Å². The zero-order valence-corrected chi connectivity index (χ0v) is 21.2. The molecule has 186 valence electrons. The van der Waals surface area contributed by atoms with E-state index in [1.54, 1.807) is 12.1 Å². The molecule has 0 saturated carbocycles. The molecule has 0 atom stereocenters. The number of nitrogens with one attached hydrogen (secondary N) is 1. The molecule has 0 fully saturated rings. The molecule has 1 aromatic heterocycles. The molecular weight excluding hydrogens is 440 g/mol. The highest BCUT2D eigenvalue weighted by molar-refractivity contribution is 5.59. The molecule has 1 N–H and O–H groups in total. The molecule has 0 saturated heterocycles. The molecule has 0 spiro atoms. The monoisotopic (exact) mass is 476 g/mol. The number of benzene rings is 2. The van der Waals surface area contributed by atoms with Crippen LogP contribution in [0.5, 0.6) is 0 Å². The molecule has 35 heavy (non-hydrogen) atoms. The Labute approximate surface area is 208 Å². The van der Waals surface area contributed by atoms with Crippen LogP contribution in [-0.2, 0) is 22.6 Å². The molecule has 1 heterocycles. The van der Waals surface area contributed by atoms with E-state index in [4.69, 9.17) is 9.47 Å². The maximum absolute atomic E-state index is 12.6. The van der Waals surface area contributed by atoms with Gasteiger partial charge in [0, 0.05) is 23.9 Å². The molecule has 3 aromatic rings. The summed E-state index contributed by atoms with van der Waals surface area (Å²) in [6, 6.07) is 19.4. The molecule has 3 rings (SSSR count). The number of aromatic nitrogens is 2. The van der Waals surface area contributed by atoms with Crippen LogP contribution in [0.4, 0.5) is 5.69 Å². The first-order chi connectivity index (χ1) is 17.0. The van der Waals surface area contributed by atoms with Gasteiger partial charge in [0.25, 0.3) is 5.56 Å². The fourth-order valence-corrected chi connectivity index (χ4v) is 3.52. The smallest absolute Gasteiger partial charge is 0.267 e. The second kappa shape index (κ2) is 13.5. The first kappa shape index (κ1) is 26.2. The normalized spacial score (nSPS) is 11.6. The fraction of sp³-hybridized carbons (Fsp3) is 0.357. The van der Waals surface area contributed by atoms with Crippen molar-refractivity contribution in [3.05, 3.63) is 94.1 Å². The van der Waals surface area contributed by atoms with Crippen molar-refractivity contribution in [3.63, 3.8) is 0 Å². The summed E-state index contributed by atoms with van der Waals surface area (Å²) in [5.74, 6) is 0.731. The third-order valence-electron chi connectivity index (χ3n) is 5.26. The summed E-state index contributed by atoms with van der Waals surface area (Å²) in [5, 5.41) is 7.96. The van der Waals surface area contributed by atoms with Gasteiger partial charge in [-0.2, -0.15) is 5.10 Å². The summed E-state index contributed by atoms with van der Waals surface area (Å²) >= 11 is 0. The lowest BCUT2D eigenvalue weighted by molar-refractivity contribution is 0.105. The summed E-state index contributed by atoms with van der Waals surface area (Å²) in [6.07, 6.45) is 2.88. The maximum Gasteiger partial charge on any atom is 0.267 e. The lowest BCUT2D eigenvalue weighted by Gasteiger charge is -2.13. The Bertz CT molecular complexity index is 1170. The van der Waals surface area contributed by atoms with Crippen molar-refractivity contribution in [1.82, 2.24) is 14.7 Å². The second-order valence-corrected chi connectivity index (χ2v) is 8.51. The van der Waals surface area contributed by atoms with E-state index in [-0.39, 0.29) is 5.56 Å². The second-order valence-electron chi connectivity index (χ2n) is 8.51. The average molecular weight is 477 g/mol. The highest BCUT2D eigenvalue weighted by Crippen LogP contribution is 2.19. The fourth-order valence-electron chi connectivity index (χ4n) is 3.52. The third-order valence-corrected chi connectivity index (χ3v) is 5.26. The van der Waals surface area contributed by atoms with E-state index in [2.05, 4.69) is 28.3 Å². The van der Waals surface area contributed by atoms with Gasteiger partial charge in [0.15, 0.2) is 5.88 Å². The van der Waals surface area contributed by atoms with Crippen molar-refractivity contribution in [2.24, 2.45) is 0 Å². The number of likely N-dealkylation sites (N-methyl/N-ethyl adjacent to an activating group) is 1. The number of nitrogens with zero attached hydrogens (tertiary/aromatic N) is 3. The number of ether oxygens (including phenoxy) is 2. The Morgan fingerprint density at radius 3 is 2.63 bits per heavy atom. The number of rotatable bonds is 13. The van der Waals surface area contributed by atoms with Crippen LogP contribution in [0, 0.1) is 0 Å². The van der Waals surface area contributed by atoms with Crippen LogP contribution in [0.25, 0.3) is 11.3 Å². The minimum atomic E-state index is -0.142. The van der Waals surface area contributed by atoms with E-state index in [9.17, 15) is 4.79 Å². The van der Waals surface area contributed by atoms with Gasteiger partial charge in [0.1, 0.15) is 0 Å². The Balaban J connectivity index is 1.74. The third kappa shape index (κ3) is 8.38. The first-order valence-corrected chi connectivity index (χ1v) is 12.1. The maximum atomic E-state index is 12.6. The Kier molecular flexibility index (Phi) is 10.1. The molecule has 0 radical (unpaired) electrons. The summed E-state index contributed by atoms with van der Waals surface area (Å²) in [4.78, 5) is 14.7. The molecule has 0 aliphatic rings. The van der Waals surface area contributed by atoms with Crippen molar-refractivity contribution in [2.75, 3.05) is 39.2 Å². The van der Waals surface area contributed by atoms with Crippen molar-refractivity contribution >= 4 is 5.69 Å². The molecule has 0 amide bonds. The van der Waals surface area contributed by atoms with Gasteiger partial charge in [0.2, 0.25) is 0 Å². The van der Waals surface area contributed by atoms with Crippen molar-refractivity contribution in [1.29, 1.82) is 0 Å². The Hall–Kier alpha value is -3.42. The predicted molar refractivity (Wildman–Crippen MR) is 141 cm³/mol. The standard InChI is InChI=1S/C28H36N4O3/c1-5-9-27(35-6-2)29-25-13-8-10-22(19-25)20-32-28(33)15-14-26(30-32)24-12-7-11-23(18-24)21-34-17-16-31(3)4/h7-15,18-19,29H,5-6,16-17,20-21H2,1-4H3/b27-9+. The van der Waals surface area contributed by atoms with E-state index in [1.165, 1.54) is 4.68 Å². The summed E-state index contributed by atoms with van der Waals surface area (Å²) in [7, 11) is 4.05. The van der Waals surface area contributed by atoms with E-state index in [1.807, 2.05) is 69.6 Å². The largest absolute Gasteiger partial charge is 0.479 e. The van der Waals surface area contributed by atoms with Gasteiger partial charge >= 0.3 is 0 Å². The van der Waals surface area contributed by atoms with Gasteiger partial charge in [-0.3, -0.25) is 4.79 Å². The van der Waals surface area contributed by atoms with Gasteiger partial charge in [-0.15, -0.1) is 0 Å². The lowest BCUT2D eigenvalue weighted by atomic mass is 10.1. The van der Waals surface area contributed by atoms with Gasteiger partial charge < -0.3 is 19.7 Å². The molecular formula is C28H36N4O3. The van der Waals surface area contributed by atoms with Gasteiger partial charge in [-0.1, -0.05) is 37.3 Å². The predicted octanol–water partition coefficient (Wildman–Crippen LogP) is 4.74. The van der Waals surface area contributed by atoms with Crippen LogP contribution >= 0.6 is 0 Å². The minimum absolute atomic E-state index is 0.142. The number of anilines is 1.